The Balaban J connectivity index is 1.18. The first-order valence-corrected chi connectivity index (χ1v) is 13.4. The number of carbonyl (C=O) groups is 1. The maximum Gasteiger partial charge on any atom is 0.252 e. The van der Waals surface area contributed by atoms with Gasteiger partial charge < -0.3 is 14.8 Å². The first-order valence-electron chi connectivity index (χ1n) is 13.4. The van der Waals surface area contributed by atoms with Gasteiger partial charge in [-0.25, -0.2) is 4.98 Å². The maximum atomic E-state index is 13.6. The summed E-state index contributed by atoms with van der Waals surface area (Å²) in [5.41, 5.74) is 3.31. The molecule has 1 N–H and O–H groups in total. The third-order valence-corrected chi connectivity index (χ3v) is 8.24. The second kappa shape index (κ2) is 10.2. The van der Waals surface area contributed by atoms with E-state index in [4.69, 9.17) is 14.5 Å². The van der Waals surface area contributed by atoms with E-state index in [0.29, 0.717) is 30.0 Å². The average Bonchev–Trinajstić information content (AvgIpc) is 3.48. The van der Waals surface area contributed by atoms with Gasteiger partial charge in [0.2, 0.25) is 0 Å². The molecule has 3 aromatic rings. The van der Waals surface area contributed by atoms with Crippen molar-refractivity contribution in [2.75, 3.05) is 32.9 Å². The van der Waals surface area contributed by atoms with Gasteiger partial charge in [-0.1, -0.05) is 18.2 Å². The average molecular weight is 486 g/mol. The molecular weight excluding hydrogens is 450 g/mol. The molecular formula is C30H35N3O3. The Morgan fingerprint density at radius 1 is 1.06 bits per heavy atom. The number of carbonyl (C=O) groups excluding carboxylic acids is 1. The normalized spacial score (nSPS) is 24.6. The molecule has 2 saturated heterocycles. The Morgan fingerprint density at radius 3 is 2.50 bits per heavy atom. The largest absolute Gasteiger partial charge is 0.494 e. The lowest BCUT2D eigenvalue weighted by Gasteiger charge is -2.32. The molecule has 188 valence electrons. The van der Waals surface area contributed by atoms with E-state index in [-0.39, 0.29) is 11.9 Å². The zero-order valence-corrected chi connectivity index (χ0v) is 21.0. The van der Waals surface area contributed by atoms with Crippen molar-refractivity contribution in [3.05, 3.63) is 60.2 Å². The van der Waals surface area contributed by atoms with Crippen molar-refractivity contribution >= 4 is 16.8 Å². The minimum atomic E-state index is 0.00652. The molecule has 1 unspecified atom stereocenters. The van der Waals surface area contributed by atoms with E-state index in [1.165, 1.54) is 13.1 Å². The molecule has 1 saturated carbocycles. The number of likely N-dealkylation sites (tertiary alicyclic amines) is 1. The predicted octanol–water partition coefficient (Wildman–Crippen LogP) is 4.92. The summed E-state index contributed by atoms with van der Waals surface area (Å²) < 4.78 is 11.1. The van der Waals surface area contributed by atoms with Crippen LogP contribution in [0.1, 0.15) is 43.0 Å². The molecule has 36 heavy (non-hydrogen) atoms. The summed E-state index contributed by atoms with van der Waals surface area (Å²) in [7, 11) is 0. The fraction of sp³-hybridized carbons (Fsp3) is 0.467. The molecule has 3 atom stereocenters. The van der Waals surface area contributed by atoms with Gasteiger partial charge in [-0.05, 0) is 80.8 Å². The van der Waals surface area contributed by atoms with Crippen molar-refractivity contribution in [3.8, 4) is 17.0 Å². The number of hydrogen-bond donors (Lipinski definition) is 1. The van der Waals surface area contributed by atoms with Gasteiger partial charge in [-0.3, -0.25) is 9.69 Å². The van der Waals surface area contributed by atoms with Crippen LogP contribution in [0.3, 0.4) is 0 Å². The molecule has 1 amide bonds. The van der Waals surface area contributed by atoms with Crippen molar-refractivity contribution in [2.45, 2.75) is 44.7 Å². The van der Waals surface area contributed by atoms with Crippen LogP contribution < -0.4 is 10.1 Å². The zero-order chi connectivity index (χ0) is 24.5. The van der Waals surface area contributed by atoms with Crippen LogP contribution in [0.15, 0.2) is 54.6 Å². The quantitative estimate of drug-likeness (QED) is 0.537. The van der Waals surface area contributed by atoms with Crippen LogP contribution in [0.2, 0.25) is 0 Å². The van der Waals surface area contributed by atoms with Crippen LogP contribution >= 0.6 is 0 Å². The minimum Gasteiger partial charge on any atom is -0.494 e. The standard InChI is InChI=1S/C30H35N3O3/c1-2-36-25-9-7-20(8-10-25)29-17-27(26-5-3-4-6-28(26)32-29)30(34)31-23-15-21-18-33(19-22(21)16-23)24-11-13-35-14-12-24/h3-10,17,21-24H,2,11-16,18-19H2,1H3,(H,31,34)/t21-,22+,23?. The van der Waals surface area contributed by atoms with E-state index in [2.05, 4.69) is 10.2 Å². The second-order valence-electron chi connectivity index (χ2n) is 10.5. The highest BCUT2D eigenvalue weighted by molar-refractivity contribution is 6.07. The molecule has 6 rings (SSSR count). The van der Waals surface area contributed by atoms with Gasteiger partial charge in [0.15, 0.2) is 0 Å². The molecule has 6 heteroatoms. The van der Waals surface area contributed by atoms with Crippen molar-refractivity contribution < 1.29 is 14.3 Å². The molecule has 1 aromatic heterocycles. The Labute approximate surface area is 213 Å². The second-order valence-corrected chi connectivity index (χ2v) is 10.5. The van der Waals surface area contributed by atoms with Gasteiger partial charge in [-0.15, -0.1) is 0 Å². The lowest BCUT2D eigenvalue weighted by molar-refractivity contribution is 0.0393. The maximum absolute atomic E-state index is 13.6. The van der Waals surface area contributed by atoms with Crippen LogP contribution in [0, 0.1) is 11.8 Å². The predicted molar refractivity (Wildman–Crippen MR) is 141 cm³/mol. The topological polar surface area (TPSA) is 63.7 Å². The fourth-order valence-corrected chi connectivity index (χ4v) is 6.47. The lowest BCUT2D eigenvalue weighted by atomic mass is 10.0. The molecule has 3 heterocycles. The van der Waals surface area contributed by atoms with Gasteiger partial charge in [0.25, 0.3) is 5.91 Å². The number of amides is 1. The fourth-order valence-electron chi connectivity index (χ4n) is 6.47. The SMILES string of the molecule is CCOc1ccc(-c2cc(C(=O)NC3C[C@@H]4CN(C5CCOCC5)C[C@@H]4C3)c3ccccc3n2)cc1. The summed E-state index contributed by atoms with van der Waals surface area (Å²) in [5.74, 6) is 2.22. The molecule has 0 radical (unpaired) electrons. The van der Waals surface area contributed by atoms with Crippen LogP contribution in [-0.2, 0) is 4.74 Å². The number of aromatic nitrogens is 1. The highest BCUT2D eigenvalue weighted by Crippen LogP contribution is 2.40. The molecule has 6 nitrogen and oxygen atoms in total. The molecule has 2 aliphatic heterocycles. The number of nitrogens with one attached hydrogen (secondary N) is 1. The third-order valence-electron chi connectivity index (χ3n) is 8.24. The number of pyridine rings is 1. The van der Waals surface area contributed by atoms with Crippen molar-refractivity contribution in [1.29, 1.82) is 0 Å². The third kappa shape index (κ3) is 4.72. The monoisotopic (exact) mass is 485 g/mol. The Kier molecular flexibility index (Phi) is 6.63. The van der Waals surface area contributed by atoms with E-state index < -0.39 is 0 Å². The van der Waals surface area contributed by atoms with Crippen LogP contribution in [0.25, 0.3) is 22.2 Å². The Bertz CT molecular complexity index is 1210. The van der Waals surface area contributed by atoms with Crippen molar-refractivity contribution in [3.63, 3.8) is 0 Å². The summed E-state index contributed by atoms with van der Waals surface area (Å²) in [4.78, 5) is 21.1. The zero-order valence-electron chi connectivity index (χ0n) is 21.0. The van der Waals surface area contributed by atoms with Crippen LogP contribution in [-0.4, -0.2) is 60.8 Å². The van der Waals surface area contributed by atoms with Crippen LogP contribution in [0.5, 0.6) is 5.75 Å². The number of nitrogens with zero attached hydrogens (tertiary/aromatic N) is 2. The van der Waals surface area contributed by atoms with Crippen molar-refractivity contribution in [2.24, 2.45) is 11.8 Å². The van der Waals surface area contributed by atoms with Gasteiger partial charge in [0, 0.05) is 49.3 Å². The highest BCUT2D eigenvalue weighted by Gasteiger charge is 2.43. The van der Waals surface area contributed by atoms with Crippen molar-refractivity contribution in [1.82, 2.24) is 15.2 Å². The van der Waals surface area contributed by atoms with E-state index in [0.717, 1.165) is 66.8 Å². The number of rotatable bonds is 6. The van der Waals surface area contributed by atoms with E-state index in [1.54, 1.807) is 0 Å². The lowest BCUT2D eigenvalue weighted by Crippen LogP contribution is -2.40. The molecule has 2 aromatic carbocycles. The number of fused-ring (bicyclic) bond motifs is 2. The van der Waals surface area contributed by atoms with Gasteiger partial charge in [0.1, 0.15) is 5.75 Å². The Hall–Kier alpha value is -2.96. The smallest absolute Gasteiger partial charge is 0.252 e. The van der Waals surface area contributed by atoms with E-state index in [9.17, 15) is 4.79 Å². The molecule has 1 aliphatic carbocycles. The summed E-state index contributed by atoms with van der Waals surface area (Å²) >= 11 is 0. The Morgan fingerprint density at radius 2 is 1.78 bits per heavy atom. The van der Waals surface area contributed by atoms with Gasteiger partial charge >= 0.3 is 0 Å². The molecule has 0 bridgehead atoms. The first-order chi connectivity index (χ1) is 17.7. The van der Waals surface area contributed by atoms with Gasteiger partial charge in [0.05, 0.1) is 23.4 Å². The van der Waals surface area contributed by atoms with Crippen LogP contribution in [0.4, 0.5) is 0 Å². The summed E-state index contributed by atoms with van der Waals surface area (Å²) in [5, 5.41) is 4.29. The first kappa shape index (κ1) is 23.4. The minimum absolute atomic E-state index is 0.00652. The molecule has 3 fully saturated rings. The molecule has 3 aliphatic rings. The number of benzene rings is 2. The number of ether oxygens (including phenoxy) is 2. The van der Waals surface area contributed by atoms with E-state index >= 15 is 0 Å². The number of para-hydroxylation sites is 1. The summed E-state index contributed by atoms with van der Waals surface area (Å²) in [6.07, 6.45) is 4.46. The summed E-state index contributed by atoms with van der Waals surface area (Å²) in [6, 6.07) is 18.7. The highest BCUT2D eigenvalue weighted by atomic mass is 16.5. The van der Waals surface area contributed by atoms with E-state index in [1.807, 2.05) is 61.5 Å². The van der Waals surface area contributed by atoms with Gasteiger partial charge in [-0.2, -0.15) is 0 Å². The molecule has 0 spiro atoms. The summed E-state index contributed by atoms with van der Waals surface area (Å²) in [6.45, 7) is 6.74. The number of hydrogen-bond acceptors (Lipinski definition) is 5.